The Bertz CT molecular complexity index is 2250. The minimum atomic E-state index is -0.263. The lowest BCUT2D eigenvalue weighted by Crippen LogP contribution is -2.28. The topological polar surface area (TPSA) is 0 Å². The molecule has 0 aromatic heterocycles. The maximum Gasteiger partial charge on any atom is 0.0713 e. The molecule has 0 nitrogen and oxygen atoms in total. The first kappa shape index (κ1) is 27.1. The largest absolute Gasteiger partial charge is 0.0713 e. The van der Waals surface area contributed by atoms with Crippen LogP contribution in [0.1, 0.15) is 33.4 Å². The van der Waals surface area contributed by atoms with Crippen molar-refractivity contribution in [3.63, 3.8) is 0 Å². The Kier molecular flexibility index (Phi) is 6.58. The fourth-order valence-corrected chi connectivity index (χ4v) is 7.58. The second-order valence-corrected chi connectivity index (χ2v) is 12.2. The summed E-state index contributed by atoms with van der Waals surface area (Å²) >= 11 is 0. The Morgan fingerprint density at radius 1 is 0.311 bits per heavy atom. The molecule has 8 aromatic carbocycles. The summed E-state index contributed by atoms with van der Waals surface area (Å²) in [6.45, 7) is 4.34. The molecule has 0 heterocycles. The van der Waals surface area contributed by atoms with Gasteiger partial charge in [0.25, 0.3) is 0 Å². The molecule has 0 atom stereocenters. The molecule has 1 aliphatic carbocycles. The molecule has 0 saturated carbocycles. The van der Waals surface area contributed by atoms with Crippen molar-refractivity contribution in [3.05, 3.63) is 203 Å². The lowest BCUT2D eigenvalue weighted by Gasteiger charge is -2.34. The van der Waals surface area contributed by atoms with Gasteiger partial charge in [-0.3, -0.25) is 0 Å². The van der Waals surface area contributed by atoms with Gasteiger partial charge in [0.1, 0.15) is 0 Å². The van der Waals surface area contributed by atoms with Crippen molar-refractivity contribution in [2.75, 3.05) is 0 Å². The summed E-state index contributed by atoms with van der Waals surface area (Å²) in [6, 6.07) is 61.7. The maximum atomic E-state index is 2.37. The summed E-state index contributed by atoms with van der Waals surface area (Å²) in [6.07, 6.45) is 0. The van der Waals surface area contributed by atoms with Gasteiger partial charge < -0.3 is 0 Å². The van der Waals surface area contributed by atoms with Crippen molar-refractivity contribution < 1.29 is 0 Å². The van der Waals surface area contributed by atoms with Gasteiger partial charge in [0, 0.05) is 0 Å². The van der Waals surface area contributed by atoms with Gasteiger partial charge in [-0.1, -0.05) is 181 Å². The highest BCUT2D eigenvalue weighted by Crippen LogP contribution is 2.56. The smallest absolute Gasteiger partial charge is 0.0622 e. The van der Waals surface area contributed by atoms with Crippen LogP contribution in [-0.2, 0) is 5.41 Å². The summed E-state index contributed by atoms with van der Waals surface area (Å²) in [4.78, 5) is 0. The first-order valence-electron chi connectivity index (χ1n) is 15.8. The highest BCUT2D eigenvalue weighted by molar-refractivity contribution is 6.25. The predicted molar refractivity (Wildman–Crippen MR) is 192 cm³/mol. The van der Waals surface area contributed by atoms with Gasteiger partial charge in [-0.25, -0.2) is 0 Å². The fourth-order valence-electron chi connectivity index (χ4n) is 7.58. The van der Waals surface area contributed by atoms with Crippen LogP contribution in [-0.4, -0.2) is 0 Å². The molecule has 0 amide bonds. The minimum absolute atomic E-state index is 0.263. The molecule has 0 aliphatic heterocycles. The zero-order chi connectivity index (χ0) is 30.4. The molecule has 0 heteroatoms. The third-order valence-corrected chi connectivity index (χ3v) is 9.51. The van der Waals surface area contributed by atoms with E-state index >= 15 is 0 Å². The highest BCUT2D eigenvalue weighted by atomic mass is 14.5. The first-order chi connectivity index (χ1) is 22.2. The fraction of sp³-hybridized carbons (Fsp3) is 0.0667. The molecule has 0 saturated heterocycles. The molecule has 0 bridgehead atoms. The van der Waals surface area contributed by atoms with Gasteiger partial charge in [0.05, 0.1) is 5.41 Å². The maximum absolute atomic E-state index is 2.37. The monoisotopic (exact) mass is 574 g/mol. The number of fused-ring (bicyclic) bond motifs is 9. The lowest BCUT2D eigenvalue weighted by atomic mass is 9.67. The molecular formula is C45H34. The summed E-state index contributed by atoms with van der Waals surface area (Å²) < 4.78 is 0. The number of hydrogen-bond acceptors (Lipinski definition) is 0. The van der Waals surface area contributed by atoms with Crippen molar-refractivity contribution in [1.29, 1.82) is 0 Å². The summed E-state index contributed by atoms with van der Waals surface area (Å²) in [5.41, 5.74) is 10.4. The summed E-state index contributed by atoms with van der Waals surface area (Å²) in [5.74, 6) is 0. The number of hydrogen-bond donors (Lipinski definition) is 0. The van der Waals surface area contributed by atoms with E-state index in [0.29, 0.717) is 0 Å². The van der Waals surface area contributed by atoms with Crippen molar-refractivity contribution in [2.24, 2.45) is 0 Å². The van der Waals surface area contributed by atoms with E-state index in [1.807, 2.05) is 0 Å². The van der Waals surface area contributed by atoms with Crippen LogP contribution in [0.3, 0.4) is 0 Å². The Morgan fingerprint density at radius 3 is 1.33 bits per heavy atom. The Hall–Kier alpha value is -5.46. The molecule has 0 radical (unpaired) electrons. The first-order valence-corrected chi connectivity index (χ1v) is 15.8. The van der Waals surface area contributed by atoms with Crippen LogP contribution in [0.2, 0.25) is 0 Å². The van der Waals surface area contributed by atoms with E-state index in [4.69, 9.17) is 0 Å². The minimum Gasteiger partial charge on any atom is -0.0622 e. The quantitative estimate of drug-likeness (QED) is 0.180. The molecule has 45 heavy (non-hydrogen) atoms. The van der Waals surface area contributed by atoms with E-state index in [2.05, 4.69) is 184 Å². The average Bonchev–Trinajstić information content (AvgIpc) is 3.39. The number of benzene rings is 8. The zero-order valence-electron chi connectivity index (χ0n) is 25.7. The average molecular weight is 575 g/mol. The highest BCUT2D eigenvalue weighted by Gasteiger charge is 2.45. The summed E-state index contributed by atoms with van der Waals surface area (Å²) in [5, 5.41) is 8.08. The SMILES string of the molecule is Cc1ccc2c(c1)C(c1ccccc1)(c1ccccc1)c1ccccc1-2.Cc1ccc2c3ccccc3c3ccccc3c2c1. The van der Waals surface area contributed by atoms with Crippen LogP contribution >= 0.6 is 0 Å². The van der Waals surface area contributed by atoms with Crippen LogP contribution in [0.25, 0.3) is 43.4 Å². The normalized spacial score (nSPS) is 12.8. The van der Waals surface area contributed by atoms with E-state index in [-0.39, 0.29) is 5.41 Å². The van der Waals surface area contributed by atoms with E-state index < -0.39 is 0 Å². The van der Waals surface area contributed by atoms with Gasteiger partial charge in [-0.2, -0.15) is 0 Å². The van der Waals surface area contributed by atoms with Crippen molar-refractivity contribution >= 4 is 32.3 Å². The third kappa shape index (κ3) is 4.29. The van der Waals surface area contributed by atoms with Gasteiger partial charge >= 0.3 is 0 Å². The third-order valence-electron chi connectivity index (χ3n) is 9.51. The van der Waals surface area contributed by atoms with Gasteiger partial charge in [0.2, 0.25) is 0 Å². The summed E-state index contributed by atoms with van der Waals surface area (Å²) in [7, 11) is 0. The Labute approximate surface area is 265 Å². The molecule has 0 fully saturated rings. The predicted octanol–water partition coefficient (Wildman–Crippen LogP) is 11.8. The standard InChI is InChI=1S/C26H20.C19H14/c1-19-16-17-23-22-14-8-9-15-24(22)26(25(23)18-19,20-10-4-2-5-11-20)21-12-6-3-7-13-21;1-13-10-11-18-16-8-3-2-6-14(16)15-7-4-5-9-17(15)19(18)12-13/h2-18H,1H3;2-12H,1H3. The van der Waals surface area contributed by atoms with Crippen molar-refractivity contribution in [3.8, 4) is 11.1 Å². The van der Waals surface area contributed by atoms with Crippen molar-refractivity contribution in [1.82, 2.24) is 0 Å². The van der Waals surface area contributed by atoms with Crippen LogP contribution in [0.15, 0.2) is 170 Å². The van der Waals surface area contributed by atoms with Gasteiger partial charge in [0.15, 0.2) is 0 Å². The molecular weight excluding hydrogens is 540 g/mol. The second kappa shape index (κ2) is 10.9. The Balaban J connectivity index is 0.000000140. The molecule has 1 aliphatic rings. The van der Waals surface area contributed by atoms with Crippen LogP contribution in [0, 0.1) is 13.8 Å². The number of rotatable bonds is 2. The van der Waals surface area contributed by atoms with E-state index in [1.54, 1.807) is 0 Å². The zero-order valence-corrected chi connectivity index (χ0v) is 25.7. The second-order valence-electron chi connectivity index (χ2n) is 12.2. The van der Waals surface area contributed by atoms with Gasteiger partial charge in [-0.05, 0) is 79.5 Å². The van der Waals surface area contributed by atoms with Crippen LogP contribution in [0.4, 0.5) is 0 Å². The van der Waals surface area contributed by atoms with E-state index in [1.165, 1.54) is 76.8 Å². The molecule has 9 rings (SSSR count). The van der Waals surface area contributed by atoms with Crippen molar-refractivity contribution in [2.45, 2.75) is 19.3 Å². The van der Waals surface area contributed by atoms with Gasteiger partial charge in [-0.15, -0.1) is 0 Å². The molecule has 214 valence electrons. The number of aryl methyl sites for hydroxylation is 2. The molecule has 0 unspecified atom stereocenters. The van der Waals surface area contributed by atoms with Crippen LogP contribution < -0.4 is 0 Å². The van der Waals surface area contributed by atoms with E-state index in [0.717, 1.165) is 0 Å². The van der Waals surface area contributed by atoms with Crippen LogP contribution in [0.5, 0.6) is 0 Å². The lowest BCUT2D eigenvalue weighted by molar-refractivity contribution is 0.767. The molecule has 8 aromatic rings. The molecule has 0 spiro atoms. The van der Waals surface area contributed by atoms with E-state index in [9.17, 15) is 0 Å². The Morgan fingerprint density at radius 2 is 0.733 bits per heavy atom. The molecule has 0 N–H and O–H groups in total.